The molecular formula is C12H22N2O3. The lowest BCUT2D eigenvalue weighted by atomic mass is 9.76. The molecule has 0 aromatic carbocycles. The van der Waals surface area contributed by atoms with Gasteiger partial charge < -0.3 is 20.9 Å². The Balaban J connectivity index is 1.91. The SMILES string of the molecule is COC(=O)C(N)CC1CNC2CCC(O)CC12. The Morgan fingerprint density at radius 1 is 1.59 bits per heavy atom. The molecule has 98 valence electrons. The predicted octanol–water partition coefficient (Wildman–Crippen LogP) is -0.374. The van der Waals surface area contributed by atoms with Crippen LogP contribution in [-0.2, 0) is 9.53 Å². The number of carbonyl (C=O) groups is 1. The van der Waals surface area contributed by atoms with Gasteiger partial charge in [-0.1, -0.05) is 0 Å². The first-order chi connectivity index (χ1) is 8.11. The number of esters is 1. The summed E-state index contributed by atoms with van der Waals surface area (Å²) in [6.07, 6.45) is 3.19. The van der Waals surface area contributed by atoms with Crippen LogP contribution in [0, 0.1) is 11.8 Å². The topological polar surface area (TPSA) is 84.6 Å². The summed E-state index contributed by atoms with van der Waals surface area (Å²) in [5.74, 6) is 0.489. The molecule has 2 fully saturated rings. The fourth-order valence-corrected chi connectivity index (χ4v) is 3.24. The molecule has 0 aromatic rings. The van der Waals surface area contributed by atoms with Crippen molar-refractivity contribution in [3.8, 4) is 0 Å². The third-order valence-electron chi connectivity index (χ3n) is 4.18. The third kappa shape index (κ3) is 2.78. The van der Waals surface area contributed by atoms with Crippen LogP contribution in [0.15, 0.2) is 0 Å². The highest BCUT2D eigenvalue weighted by Crippen LogP contribution is 2.36. The lowest BCUT2D eigenvalue weighted by Crippen LogP contribution is -2.38. The molecule has 5 atom stereocenters. The third-order valence-corrected chi connectivity index (χ3v) is 4.18. The van der Waals surface area contributed by atoms with Gasteiger partial charge in [0.25, 0.3) is 0 Å². The molecule has 5 unspecified atom stereocenters. The fraction of sp³-hybridized carbons (Fsp3) is 0.917. The summed E-state index contributed by atoms with van der Waals surface area (Å²) in [7, 11) is 1.36. The summed E-state index contributed by atoms with van der Waals surface area (Å²) in [5, 5.41) is 13.2. The van der Waals surface area contributed by atoms with E-state index in [2.05, 4.69) is 10.1 Å². The monoisotopic (exact) mass is 242 g/mol. The van der Waals surface area contributed by atoms with Gasteiger partial charge in [0.05, 0.1) is 13.2 Å². The summed E-state index contributed by atoms with van der Waals surface area (Å²) >= 11 is 0. The zero-order valence-corrected chi connectivity index (χ0v) is 10.3. The summed E-state index contributed by atoms with van der Waals surface area (Å²) in [6.45, 7) is 0.896. The van der Waals surface area contributed by atoms with Crippen molar-refractivity contribution in [2.75, 3.05) is 13.7 Å². The summed E-state index contributed by atoms with van der Waals surface area (Å²) < 4.78 is 4.65. The molecule has 0 amide bonds. The second-order valence-corrected chi connectivity index (χ2v) is 5.27. The number of ether oxygens (including phenoxy) is 1. The average molecular weight is 242 g/mol. The predicted molar refractivity (Wildman–Crippen MR) is 63.2 cm³/mol. The number of hydrogen-bond donors (Lipinski definition) is 3. The number of fused-ring (bicyclic) bond motifs is 1. The van der Waals surface area contributed by atoms with Crippen LogP contribution in [0.1, 0.15) is 25.7 Å². The quantitative estimate of drug-likeness (QED) is 0.588. The standard InChI is InChI=1S/C12H22N2O3/c1-17-12(16)10(13)4-7-6-14-11-3-2-8(15)5-9(7)11/h7-11,14-15H,2-6,13H2,1H3. The van der Waals surface area contributed by atoms with E-state index in [9.17, 15) is 9.90 Å². The van der Waals surface area contributed by atoms with Crippen LogP contribution in [0.5, 0.6) is 0 Å². The Hall–Kier alpha value is -0.650. The van der Waals surface area contributed by atoms with Crippen molar-refractivity contribution in [3.05, 3.63) is 0 Å². The van der Waals surface area contributed by atoms with Crippen molar-refractivity contribution in [1.82, 2.24) is 5.32 Å². The van der Waals surface area contributed by atoms with Crippen molar-refractivity contribution < 1.29 is 14.6 Å². The highest BCUT2D eigenvalue weighted by atomic mass is 16.5. The highest BCUT2D eigenvalue weighted by molar-refractivity contribution is 5.75. The van der Waals surface area contributed by atoms with Crippen LogP contribution in [-0.4, -0.2) is 42.9 Å². The van der Waals surface area contributed by atoms with E-state index >= 15 is 0 Å². The highest BCUT2D eigenvalue weighted by Gasteiger charge is 2.40. The first-order valence-corrected chi connectivity index (χ1v) is 6.36. The molecule has 5 heteroatoms. The van der Waals surface area contributed by atoms with Crippen molar-refractivity contribution in [2.24, 2.45) is 17.6 Å². The molecule has 5 nitrogen and oxygen atoms in total. The van der Waals surface area contributed by atoms with Gasteiger partial charge in [0.15, 0.2) is 0 Å². The first-order valence-electron chi connectivity index (χ1n) is 6.36. The number of rotatable bonds is 3. The molecule has 1 saturated carbocycles. The maximum absolute atomic E-state index is 11.3. The molecule has 0 bridgehead atoms. The molecule has 0 aromatic heterocycles. The minimum atomic E-state index is -0.537. The van der Waals surface area contributed by atoms with Crippen molar-refractivity contribution in [3.63, 3.8) is 0 Å². The molecule has 1 saturated heterocycles. The largest absolute Gasteiger partial charge is 0.468 e. The zero-order valence-electron chi connectivity index (χ0n) is 10.3. The number of aliphatic hydroxyl groups is 1. The Labute approximate surface area is 102 Å². The Morgan fingerprint density at radius 2 is 2.35 bits per heavy atom. The number of methoxy groups -OCH3 is 1. The Morgan fingerprint density at radius 3 is 3.06 bits per heavy atom. The maximum Gasteiger partial charge on any atom is 0.322 e. The van der Waals surface area contributed by atoms with Gasteiger partial charge in [-0.25, -0.2) is 0 Å². The molecule has 2 aliphatic rings. The Bertz CT molecular complexity index is 285. The number of nitrogens with one attached hydrogen (secondary N) is 1. The zero-order chi connectivity index (χ0) is 12.4. The number of aliphatic hydroxyl groups excluding tert-OH is 1. The van der Waals surface area contributed by atoms with Gasteiger partial charge in [-0.05, 0) is 44.1 Å². The van der Waals surface area contributed by atoms with E-state index < -0.39 is 6.04 Å². The van der Waals surface area contributed by atoms with Crippen LogP contribution in [0.4, 0.5) is 0 Å². The second-order valence-electron chi connectivity index (χ2n) is 5.27. The molecule has 17 heavy (non-hydrogen) atoms. The van der Waals surface area contributed by atoms with Crippen molar-refractivity contribution in [2.45, 2.75) is 43.9 Å². The van der Waals surface area contributed by atoms with E-state index in [4.69, 9.17) is 5.73 Å². The summed E-state index contributed by atoms with van der Waals surface area (Å²) in [6, 6.07) is -0.0436. The molecule has 1 heterocycles. The van der Waals surface area contributed by atoms with Gasteiger partial charge in [-0.2, -0.15) is 0 Å². The molecule has 0 spiro atoms. The normalized spacial score (nSPS) is 38.5. The lowest BCUT2D eigenvalue weighted by Gasteiger charge is -2.32. The van der Waals surface area contributed by atoms with E-state index in [-0.39, 0.29) is 12.1 Å². The molecule has 4 N–H and O–H groups in total. The van der Waals surface area contributed by atoms with E-state index in [1.807, 2.05) is 0 Å². The van der Waals surface area contributed by atoms with Gasteiger partial charge in [0, 0.05) is 6.04 Å². The fourth-order valence-electron chi connectivity index (χ4n) is 3.24. The average Bonchev–Trinajstić information content (AvgIpc) is 2.71. The lowest BCUT2D eigenvalue weighted by molar-refractivity contribution is -0.142. The van der Waals surface area contributed by atoms with Crippen LogP contribution >= 0.6 is 0 Å². The van der Waals surface area contributed by atoms with Crippen LogP contribution in [0.3, 0.4) is 0 Å². The minimum absolute atomic E-state index is 0.187. The van der Waals surface area contributed by atoms with Gasteiger partial charge in [0.2, 0.25) is 0 Å². The second kappa shape index (κ2) is 5.33. The number of nitrogens with two attached hydrogens (primary N) is 1. The molecular weight excluding hydrogens is 220 g/mol. The van der Waals surface area contributed by atoms with Gasteiger partial charge in [-0.15, -0.1) is 0 Å². The van der Waals surface area contributed by atoms with E-state index in [1.165, 1.54) is 7.11 Å². The molecule has 1 aliphatic carbocycles. The van der Waals surface area contributed by atoms with Crippen LogP contribution < -0.4 is 11.1 Å². The van der Waals surface area contributed by atoms with Gasteiger partial charge in [0.1, 0.15) is 6.04 Å². The number of hydrogen-bond acceptors (Lipinski definition) is 5. The van der Waals surface area contributed by atoms with E-state index in [0.29, 0.717) is 24.3 Å². The number of carbonyl (C=O) groups excluding carboxylic acids is 1. The maximum atomic E-state index is 11.3. The minimum Gasteiger partial charge on any atom is -0.468 e. The molecule has 2 rings (SSSR count). The smallest absolute Gasteiger partial charge is 0.322 e. The van der Waals surface area contributed by atoms with Crippen molar-refractivity contribution >= 4 is 5.97 Å². The van der Waals surface area contributed by atoms with E-state index in [1.54, 1.807) is 0 Å². The van der Waals surface area contributed by atoms with Crippen LogP contribution in [0.2, 0.25) is 0 Å². The van der Waals surface area contributed by atoms with Gasteiger partial charge in [-0.3, -0.25) is 4.79 Å². The first kappa shape index (κ1) is 12.8. The Kier molecular flexibility index (Phi) is 4.01. The molecule has 0 radical (unpaired) electrons. The van der Waals surface area contributed by atoms with Crippen LogP contribution in [0.25, 0.3) is 0 Å². The van der Waals surface area contributed by atoms with E-state index in [0.717, 1.165) is 25.8 Å². The van der Waals surface area contributed by atoms with Gasteiger partial charge >= 0.3 is 5.97 Å². The molecule has 1 aliphatic heterocycles. The summed E-state index contributed by atoms with van der Waals surface area (Å²) in [5.41, 5.74) is 5.80. The van der Waals surface area contributed by atoms with Crippen molar-refractivity contribution in [1.29, 1.82) is 0 Å². The summed E-state index contributed by atoms with van der Waals surface area (Å²) in [4.78, 5) is 11.3.